The smallest absolute Gasteiger partial charge is 0.382 e. The van der Waals surface area contributed by atoms with Crippen molar-refractivity contribution in [3.8, 4) is 0 Å². The van der Waals surface area contributed by atoms with Crippen LogP contribution in [-0.2, 0) is 23.2 Å². The molecule has 1 spiro atoms. The zero-order valence-corrected chi connectivity index (χ0v) is 14.0. The van der Waals surface area contributed by atoms with Crippen LogP contribution in [0.25, 0.3) is 0 Å². The Kier molecular flexibility index (Phi) is 4.75. The minimum atomic E-state index is -4.55. The number of likely N-dealkylation sites (tertiary alicyclic amines) is 1. The Hall–Kier alpha value is -0.630. The molecule has 1 unspecified atom stereocenters. The molecule has 1 aromatic rings. The van der Waals surface area contributed by atoms with Gasteiger partial charge in [-0.05, 0) is 30.9 Å². The highest BCUT2D eigenvalue weighted by atomic mass is 32.1. The van der Waals surface area contributed by atoms with E-state index in [2.05, 4.69) is 13.0 Å². The van der Waals surface area contributed by atoms with Gasteiger partial charge in [-0.25, -0.2) is 0 Å². The fourth-order valence-electron chi connectivity index (χ4n) is 3.51. The van der Waals surface area contributed by atoms with Crippen molar-refractivity contribution in [2.75, 3.05) is 26.2 Å². The molecule has 3 nitrogen and oxygen atoms in total. The first-order valence-corrected chi connectivity index (χ1v) is 8.89. The number of nitrogens with zero attached hydrogens (tertiary/aromatic N) is 1. The van der Waals surface area contributed by atoms with E-state index in [1.54, 1.807) is 4.90 Å². The Labute approximate surface area is 138 Å². The molecule has 0 amide bonds. The van der Waals surface area contributed by atoms with Gasteiger partial charge in [0.2, 0.25) is 0 Å². The normalized spacial score (nSPS) is 23.0. The second-order valence-corrected chi connectivity index (χ2v) is 7.58. The molecule has 1 aromatic heterocycles. The van der Waals surface area contributed by atoms with Gasteiger partial charge in [0.1, 0.15) is 0 Å². The summed E-state index contributed by atoms with van der Waals surface area (Å²) in [6.45, 7) is 3.50. The third-order valence-electron chi connectivity index (χ3n) is 4.88. The quantitative estimate of drug-likeness (QED) is 0.910. The molecular formula is C16H22F3NO2S. The topological polar surface area (TPSA) is 32.7 Å². The first-order valence-electron chi connectivity index (χ1n) is 8.07. The van der Waals surface area contributed by atoms with Crippen molar-refractivity contribution in [1.29, 1.82) is 0 Å². The van der Waals surface area contributed by atoms with Gasteiger partial charge in [-0.2, -0.15) is 13.2 Å². The maximum atomic E-state index is 12.5. The molecular weight excluding hydrogens is 327 g/mol. The lowest BCUT2D eigenvalue weighted by atomic mass is 9.82. The summed E-state index contributed by atoms with van der Waals surface area (Å²) in [5, 5.41) is 9.24. The largest absolute Gasteiger partial charge is 0.415 e. The van der Waals surface area contributed by atoms with Gasteiger partial charge in [0.05, 0.1) is 12.2 Å². The summed E-state index contributed by atoms with van der Waals surface area (Å²) in [5.74, 6) is 0. The van der Waals surface area contributed by atoms with Crippen molar-refractivity contribution in [2.45, 2.75) is 50.5 Å². The summed E-state index contributed by atoms with van der Waals surface area (Å²) in [6.07, 6.45) is -3.52. The molecule has 1 fully saturated rings. The Morgan fingerprint density at radius 1 is 1.39 bits per heavy atom. The highest BCUT2D eigenvalue weighted by Crippen LogP contribution is 2.44. The number of halogens is 3. The molecule has 7 heteroatoms. The minimum Gasteiger partial charge on any atom is -0.382 e. The van der Waals surface area contributed by atoms with Crippen LogP contribution in [0, 0.1) is 0 Å². The molecule has 23 heavy (non-hydrogen) atoms. The predicted molar refractivity (Wildman–Crippen MR) is 82.8 cm³/mol. The maximum Gasteiger partial charge on any atom is 0.415 e. The van der Waals surface area contributed by atoms with Crippen LogP contribution in [0.5, 0.6) is 0 Å². The number of β-amino-alcohol motifs (C(OH)–C–C–N with tert-alkyl or cyclic N) is 1. The van der Waals surface area contributed by atoms with Crippen LogP contribution in [0.1, 0.15) is 35.1 Å². The van der Waals surface area contributed by atoms with Crippen molar-refractivity contribution in [3.63, 3.8) is 0 Å². The fraction of sp³-hybridized carbons (Fsp3) is 0.750. The first kappa shape index (κ1) is 17.2. The van der Waals surface area contributed by atoms with E-state index >= 15 is 0 Å². The van der Waals surface area contributed by atoms with Gasteiger partial charge >= 0.3 is 6.18 Å². The number of ether oxygens (including phenoxy) is 1. The molecule has 0 bridgehead atoms. The number of fused-ring (bicyclic) bond motifs is 2. The van der Waals surface area contributed by atoms with E-state index in [-0.39, 0.29) is 12.1 Å². The van der Waals surface area contributed by atoms with Crippen LogP contribution in [-0.4, -0.2) is 48.5 Å². The first-order chi connectivity index (χ1) is 10.8. The van der Waals surface area contributed by atoms with E-state index in [4.69, 9.17) is 4.74 Å². The Morgan fingerprint density at radius 2 is 2.09 bits per heavy atom. The standard InChI is InChI=1S/C16H22F3NO2S/c1-2-11-9-12-13(23-11)3-8-22-15(12)4-6-20(7-5-15)10-14(21)16(17,18)19/h9,14,21H,2-8,10H2,1H3. The van der Waals surface area contributed by atoms with Crippen molar-refractivity contribution < 1.29 is 23.0 Å². The summed E-state index contributed by atoms with van der Waals surface area (Å²) in [6, 6.07) is 2.22. The van der Waals surface area contributed by atoms with Gasteiger partial charge in [-0.15, -0.1) is 11.3 Å². The van der Waals surface area contributed by atoms with Gasteiger partial charge < -0.3 is 14.7 Å². The number of hydrogen-bond donors (Lipinski definition) is 1. The number of aryl methyl sites for hydroxylation is 1. The summed E-state index contributed by atoms with van der Waals surface area (Å²) < 4.78 is 43.6. The average molecular weight is 349 g/mol. The van der Waals surface area contributed by atoms with Gasteiger partial charge in [-0.3, -0.25) is 0 Å². The molecule has 0 aromatic carbocycles. The monoisotopic (exact) mass is 349 g/mol. The summed E-state index contributed by atoms with van der Waals surface area (Å²) in [4.78, 5) is 4.40. The maximum absolute atomic E-state index is 12.5. The van der Waals surface area contributed by atoms with Crippen LogP contribution in [0.15, 0.2) is 6.07 Å². The predicted octanol–water partition coefficient (Wildman–Crippen LogP) is 3.10. The van der Waals surface area contributed by atoms with Crippen LogP contribution in [0.2, 0.25) is 0 Å². The van der Waals surface area contributed by atoms with Crippen LogP contribution in [0.3, 0.4) is 0 Å². The molecule has 1 saturated heterocycles. The lowest BCUT2D eigenvalue weighted by molar-refractivity contribution is -0.210. The Bertz CT molecular complexity index is 550. The lowest BCUT2D eigenvalue weighted by Crippen LogP contribution is -2.49. The number of rotatable bonds is 3. The number of thiophene rings is 1. The summed E-state index contributed by atoms with van der Waals surface area (Å²) in [7, 11) is 0. The summed E-state index contributed by atoms with van der Waals surface area (Å²) in [5.41, 5.74) is 0.915. The van der Waals surface area contributed by atoms with Crippen molar-refractivity contribution in [1.82, 2.24) is 4.90 Å². The van der Waals surface area contributed by atoms with E-state index in [9.17, 15) is 18.3 Å². The second kappa shape index (κ2) is 6.35. The molecule has 1 N–H and O–H groups in total. The van der Waals surface area contributed by atoms with Crippen LogP contribution in [0.4, 0.5) is 13.2 Å². The number of piperidine rings is 1. The molecule has 3 rings (SSSR count). The van der Waals surface area contributed by atoms with Gasteiger partial charge in [0, 0.05) is 35.8 Å². The molecule has 0 saturated carbocycles. The molecule has 130 valence electrons. The Balaban J connectivity index is 1.68. The highest BCUT2D eigenvalue weighted by Gasteiger charge is 2.44. The van der Waals surface area contributed by atoms with Gasteiger partial charge in [0.15, 0.2) is 6.10 Å². The van der Waals surface area contributed by atoms with Crippen LogP contribution < -0.4 is 0 Å². The SMILES string of the molecule is CCc1cc2c(s1)CCOC21CCN(CC(O)C(F)(F)F)CC1. The fourth-order valence-corrected chi connectivity index (χ4v) is 4.68. The molecule has 0 aliphatic carbocycles. The molecule has 2 aliphatic rings. The average Bonchev–Trinajstić information content (AvgIpc) is 2.94. The number of alkyl halides is 3. The van der Waals surface area contributed by atoms with Crippen molar-refractivity contribution >= 4 is 11.3 Å². The zero-order valence-electron chi connectivity index (χ0n) is 13.2. The second-order valence-electron chi connectivity index (χ2n) is 6.35. The number of aliphatic hydroxyl groups is 1. The third kappa shape index (κ3) is 3.43. The van der Waals surface area contributed by atoms with E-state index in [1.165, 1.54) is 15.3 Å². The van der Waals surface area contributed by atoms with Crippen LogP contribution >= 0.6 is 11.3 Å². The lowest BCUT2D eigenvalue weighted by Gasteiger charge is -2.44. The zero-order chi connectivity index (χ0) is 16.7. The summed E-state index contributed by atoms with van der Waals surface area (Å²) >= 11 is 1.84. The Morgan fingerprint density at radius 3 is 2.70 bits per heavy atom. The van der Waals surface area contributed by atoms with Crippen molar-refractivity contribution in [3.05, 3.63) is 21.4 Å². The van der Waals surface area contributed by atoms with E-state index in [0.29, 0.717) is 32.5 Å². The van der Waals surface area contributed by atoms with Gasteiger partial charge in [-0.1, -0.05) is 6.92 Å². The van der Waals surface area contributed by atoms with E-state index in [0.717, 1.165) is 12.8 Å². The molecule has 3 heterocycles. The third-order valence-corrected chi connectivity index (χ3v) is 6.22. The van der Waals surface area contributed by atoms with E-state index < -0.39 is 12.3 Å². The van der Waals surface area contributed by atoms with Gasteiger partial charge in [0.25, 0.3) is 0 Å². The molecule has 1 atom stereocenters. The van der Waals surface area contributed by atoms with E-state index in [1.807, 2.05) is 11.3 Å². The number of hydrogen-bond acceptors (Lipinski definition) is 4. The molecule has 2 aliphatic heterocycles. The molecule has 0 radical (unpaired) electrons. The van der Waals surface area contributed by atoms with Crippen molar-refractivity contribution in [2.24, 2.45) is 0 Å². The minimum absolute atomic E-state index is 0.336. The highest BCUT2D eigenvalue weighted by molar-refractivity contribution is 7.12. The number of aliphatic hydroxyl groups excluding tert-OH is 1.